The molecular weight excluding hydrogens is 414 g/mol. The van der Waals surface area contributed by atoms with Crippen molar-refractivity contribution in [2.75, 3.05) is 37.9 Å². The van der Waals surface area contributed by atoms with Gasteiger partial charge in [-0.3, -0.25) is 4.99 Å². The fraction of sp³-hybridized carbons (Fsp3) is 0.280. The summed E-state index contributed by atoms with van der Waals surface area (Å²) in [6.07, 6.45) is 3.49. The number of benzene rings is 2. The number of hydrogen-bond donors (Lipinski definition) is 2. The average Bonchev–Trinajstić information content (AvgIpc) is 2.85. The summed E-state index contributed by atoms with van der Waals surface area (Å²) in [4.78, 5) is 16.0. The first-order valence-electron chi connectivity index (χ1n) is 10.8. The quantitative estimate of drug-likeness (QED) is 0.460. The van der Waals surface area contributed by atoms with E-state index < -0.39 is 0 Å². The van der Waals surface area contributed by atoms with Crippen LogP contribution >= 0.6 is 0 Å². The predicted molar refractivity (Wildman–Crippen MR) is 132 cm³/mol. The molecule has 3 aromatic rings. The minimum atomic E-state index is 0.203. The molecule has 1 fully saturated rings. The molecule has 0 spiro atoms. The molecule has 0 unspecified atom stereocenters. The summed E-state index contributed by atoms with van der Waals surface area (Å²) >= 11 is 0. The van der Waals surface area contributed by atoms with Gasteiger partial charge in [-0.15, -0.1) is 0 Å². The molecule has 1 aromatic heterocycles. The van der Waals surface area contributed by atoms with Crippen LogP contribution in [0.25, 0.3) is 22.4 Å². The number of hydrogen-bond acceptors (Lipinski definition) is 8. The summed E-state index contributed by atoms with van der Waals surface area (Å²) in [7, 11) is 3.31. The highest BCUT2D eigenvalue weighted by atomic mass is 16.5. The second kappa shape index (κ2) is 9.67. The van der Waals surface area contributed by atoms with Gasteiger partial charge in [-0.25, -0.2) is 4.98 Å². The number of nitrogens with two attached hydrogens (primary N) is 2. The van der Waals surface area contributed by atoms with E-state index in [0.717, 1.165) is 53.9 Å². The van der Waals surface area contributed by atoms with Gasteiger partial charge in [0, 0.05) is 49.2 Å². The molecule has 4 rings (SSSR count). The second-order valence-corrected chi connectivity index (χ2v) is 8.00. The number of ether oxygens (including phenoxy) is 1. The Bertz CT molecular complexity index is 1210. The van der Waals surface area contributed by atoms with Crippen LogP contribution in [0.15, 0.2) is 47.5 Å². The van der Waals surface area contributed by atoms with Gasteiger partial charge in [0.2, 0.25) is 11.8 Å². The summed E-state index contributed by atoms with van der Waals surface area (Å²) in [5.41, 5.74) is 17.4. The molecule has 0 atom stereocenters. The third-order valence-corrected chi connectivity index (χ3v) is 5.81. The number of nitrogens with zero attached hydrogens (tertiary/aromatic N) is 5. The Morgan fingerprint density at radius 3 is 2.45 bits per heavy atom. The van der Waals surface area contributed by atoms with Crippen LogP contribution in [0.5, 0.6) is 5.88 Å². The molecule has 0 bridgehead atoms. The van der Waals surface area contributed by atoms with E-state index in [4.69, 9.17) is 26.2 Å². The van der Waals surface area contributed by atoms with Crippen molar-refractivity contribution in [2.45, 2.75) is 18.9 Å². The molecule has 0 amide bonds. The van der Waals surface area contributed by atoms with Gasteiger partial charge in [-0.1, -0.05) is 18.2 Å². The molecule has 168 valence electrons. The van der Waals surface area contributed by atoms with E-state index in [-0.39, 0.29) is 6.04 Å². The molecule has 33 heavy (non-hydrogen) atoms. The number of methoxy groups -OCH3 is 1. The summed E-state index contributed by atoms with van der Waals surface area (Å²) in [6.45, 7) is 1.57. The number of anilines is 2. The molecular formula is C25H27N7O. The number of nitrogen functional groups attached to an aromatic ring is 1. The van der Waals surface area contributed by atoms with E-state index in [1.165, 1.54) is 0 Å². The number of aromatic nitrogens is 2. The molecule has 0 radical (unpaired) electrons. The van der Waals surface area contributed by atoms with E-state index in [1.54, 1.807) is 32.5 Å². The zero-order valence-electron chi connectivity index (χ0n) is 18.8. The molecule has 2 heterocycles. The highest BCUT2D eigenvalue weighted by Crippen LogP contribution is 2.39. The van der Waals surface area contributed by atoms with Crippen molar-refractivity contribution in [2.24, 2.45) is 10.7 Å². The van der Waals surface area contributed by atoms with Gasteiger partial charge >= 0.3 is 0 Å². The number of piperidine rings is 1. The van der Waals surface area contributed by atoms with Crippen LogP contribution in [-0.2, 0) is 0 Å². The first-order chi connectivity index (χ1) is 16.0. The van der Waals surface area contributed by atoms with Crippen LogP contribution in [0, 0.1) is 11.3 Å². The average molecular weight is 442 g/mol. The van der Waals surface area contributed by atoms with Crippen molar-refractivity contribution in [1.82, 2.24) is 9.97 Å². The third kappa shape index (κ3) is 4.64. The van der Waals surface area contributed by atoms with E-state index in [9.17, 15) is 5.26 Å². The minimum Gasteiger partial charge on any atom is -0.480 e. The van der Waals surface area contributed by atoms with Gasteiger partial charge in [0.05, 0.1) is 30.0 Å². The predicted octanol–water partition coefficient (Wildman–Crippen LogP) is 3.25. The van der Waals surface area contributed by atoms with Gasteiger partial charge in [-0.05, 0) is 42.7 Å². The summed E-state index contributed by atoms with van der Waals surface area (Å²) < 4.78 is 5.77. The van der Waals surface area contributed by atoms with E-state index in [0.29, 0.717) is 23.1 Å². The van der Waals surface area contributed by atoms with Gasteiger partial charge in [-0.2, -0.15) is 10.2 Å². The molecule has 4 N–H and O–H groups in total. The zero-order chi connectivity index (χ0) is 23.4. The maximum Gasteiger partial charge on any atom is 0.229 e. The summed E-state index contributed by atoms with van der Waals surface area (Å²) in [6, 6.07) is 15.4. The van der Waals surface area contributed by atoms with Crippen molar-refractivity contribution in [1.29, 1.82) is 5.26 Å². The number of rotatable bonds is 5. The van der Waals surface area contributed by atoms with Crippen LogP contribution in [0.1, 0.15) is 24.0 Å². The molecule has 1 aliphatic rings. The first-order valence-corrected chi connectivity index (χ1v) is 10.8. The second-order valence-electron chi connectivity index (χ2n) is 8.00. The van der Waals surface area contributed by atoms with Crippen LogP contribution < -0.4 is 21.1 Å². The SMILES string of the molecule is CN=Cc1cc(-c2c(OC)nc(N3CCC(N)CC3)nc2-c2ccc(C#N)cc2)ccc1N. The van der Waals surface area contributed by atoms with Crippen molar-refractivity contribution in [3.05, 3.63) is 53.6 Å². The molecule has 1 saturated heterocycles. The third-order valence-electron chi connectivity index (χ3n) is 5.81. The molecule has 0 aliphatic carbocycles. The van der Waals surface area contributed by atoms with E-state index in [1.807, 2.05) is 30.3 Å². The van der Waals surface area contributed by atoms with Crippen LogP contribution in [-0.4, -0.2) is 49.5 Å². The van der Waals surface area contributed by atoms with Crippen LogP contribution in [0.2, 0.25) is 0 Å². The Hall–Kier alpha value is -3.96. The summed E-state index contributed by atoms with van der Waals surface area (Å²) in [5, 5.41) is 9.22. The Balaban J connectivity index is 1.92. The fourth-order valence-corrected chi connectivity index (χ4v) is 3.97. The molecule has 2 aromatic carbocycles. The molecule has 0 saturated carbocycles. The fourth-order valence-electron chi connectivity index (χ4n) is 3.97. The number of aliphatic imine (C=N–C) groups is 1. The zero-order valence-corrected chi connectivity index (χ0v) is 18.8. The lowest BCUT2D eigenvalue weighted by molar-refractivity contribution is 0.397. The lowest BCUT2D eigenvalue weighted by atomic mass is 9.97. The van der Waals surface area contributed by atoms with Crippen LogP contribution in [0.4, 0.5) is 11.6 Å². The van der Waals surface area contributed by atoms with Crippen molar-refractivity contribution in [3.63, 3.8) is 0 Å². The Labute approximate surface area is 193 Å². The Morgan fingerprint density at radius 2 is 1.82 bits per heavy atom. The molecule has 8 heteroatoms. The van der Waals surface area contributed by atoms with Gasteiger partial charge in [0.15, 0.2) is 0 Å². The Morgan fingerprint density at radius 1 is 1.12 bits per heavy atom. The van der Waals surface area contributed by atoms with E-state index >= 15 is 0 Å². The number of nitriles is 1. The highest BCUT2D eigenvalue weighted by molar-refractivity contribution is 5.92. The van der Waals surface area contributed by atoms with Crippen molar-refractivity contribution in [3.8, 4) is 34.3 Å². The molecule has 1 aliphatic heterocycles. The lowest BCUT2D eigenvalue weighted by Crippen LogP contribution is -2.40. The normalized spacial score (nSPS) is 14.4. The molecule has 8 nitrogen and oxygen atoms in total. The maximum atomic E-state index is 9.22. The standard InChI is InChI=1S/C25H27N7O/c1-29-15-19-13-18(7-8-21(19)28)22-23(17-5-3-16(14-26)4-6-17)30-25(31-24(22)33-2)32-11-9-20(27)10-12-32/h3-8,13,15,20H,9-12,27-28H2,1-2H3. The monoisotopic (exact) mass is 441 g/mol. The maximum absolute atomic E-state index is 9.22. The van der Waals surface area contributed by atoms with Gasteiger partial charge in [0.25, 0.3) is 0 Å². The van der Waals surface area contributed by atoms with Gasteiger partial charge in [0.1, 0.15) is 0 Å². The highest BCUT2D eigenvalue weighted by Gasteiger charge is 2.24. The minimum absolute atomic E-state index is 0.203. The van der Waals surface area contributed by atoms with Gasteiger partial charge < -0.3 is 21.1 Å². The van der Waals surface area contributed by atoms with Crippen LogP contribution in [0.3, 0.4) is 0 Å². The largest absolute Gasteiger partial charge is 0.480 e. The van der Waals surface area contributed by atoms with Crippen molar-refractivity contribution >= 4 is 17.9 Å². The smallest absolute Gasteiger partial charge is 0.229 e. The topological polar surface area (TPSA) is 126 Å². The van der Waals surface area contributed by atoms with E-state index in [2.05, 4.69) is 16.0 Å². The first kappa shape index (κ1) is 22.2. The summed E-state index contributed by atoms with van der Waals surface area (Å²) in [5.74, 6) is 1.08. The van der Waals surface area contributed by atoms with Crippen molar-refractivity contribution < 1.29 is 4.74 Å². The Kier molecular flexibility index (Phi) is 6.52. The lowest BCUT2D eigenvalue weighted by Gasteiger charge is -2.31.